The molecule has 0 radical (unpaired) electrons. The van der Waals surface area contributed by atoms with Gasteiger partial charge in [0.1, 0.15) is 22.5 Å². The van der Waals surface area contributed by atoms with Crippen LogP contribution in [0.25, 0.3) is 5.69 Å². The Morgan fingerprint density at radius 3 is 2.70 bits per heavy atom. The highest BCUT2D eigenvalue weighted by molar-refractivity contribution is 6.32. The van der Waals surface area contributed by atoms with Crippen LogP contribution in [0.15, 0.2) is 24.4 Å². The minimum atomic E-state index is -1.16. The fraction of sp³-hybridized carbons (Fsp3) is 0.312. The lowest BCUT2D eigenvalue weighted by Gasteiger charge is -2.19. The molecule has 0 saturated heterocycles. The molecule has 1 aromatic heterocycles. The van der Waals surface area contributed by atoms with Gasteiger partial charge in [-0.05, 0) is 23.6 Å². The standard InChI is InChI=1S/C16H16ClN3O3/c1-16(2,3)9-23-13-5-4-11(6-10(13)7-18)20-14(17)12(8-19-20)15(21)22/h4-6,8H,9H2,1-3H3,(H,21,22). The van der Waals surface area contributed by atoms with Gasteiger partial charge in [0.05, 0.1) is 24.1 Å². The number of carboxylic acid groups (broad SMARTS) is 1. The minimum absolute atomic E-state index is 0.0234. The molecule has 120 valence electrons. The zero-order chi connectivity index (χ0) is 17.2. The van der Waals surface area contributed by atoms with E-state index in [1.807, 2.05) is 20.8 Å². The van der Waals surface area contributed by atoms with E-state index < -0.39 is 5.97 Å². The predicted octanol–water partition coefficient (Wildman–Crippen LogP) is 3.52. The first-order valence-electron chi connectivity index (χ1n) is 6.87. The predicted molar refractivity (Wildman–Crippen MR) is 85.2 cm³/mol. The summed E-state index contributed by atoms with van der Waals surface area (Å²) < 4.78 is 6.94. The fourth-order valence-corrected chi connectivity index (χ4v) is 2.09. The highest BCUT2D eigenvalue weighted by Crippen LogP contribution is 2.26. The van der Waals surface area contributed by atoms with Gasteiger partial charge in [-0.3, -0.25) is 0 Å². The molecule has 0 spiro atoms. The lowest BCUT2D eigenvalue weighted by Crippen LogP contribution is -2.17. The topological polar surface area (TPSA) is 88.1 Å². The molecule has 2 aromatic rings. The van der Waals surface area contributed by atoms with E-state index in [2.05, 4.69) is 11.2 Å². The summed E-state index contributed by atoms with van der Waals surface area (Å²) in [7, 11) is 0. The van der Waals surface area contributed by atoms with E-state index in [1.54, 1.807) is 18.2 Å². The lowest BCUT2D eigenvalue weighted by molar-refractivity contribution is 0.0697. The molecule has 1 N–H and O–H groups in total. The Kier molecular flexibility index (Phi) is 4.62. The molecule has 2 rings (SSSR count). The Hall–Kier alpha value is -2.52. The van der Waals surface area contributed by atoms with Crippen molar-refractivity contribution in [3.8, 4) is 17.5 Å². The summed E-state index contributed by atoms with van der Waals surface area (Å²) in [5.41, 5.74) is 0.683. The summed E-state index contributed by atoms with van der Waals surface area (Å²) >= 11 is 6.02. The number of carboxylic acids is 1. The molecule has 0 bridgehead atoms. The van der Waals surface area contributed by atoms with E-state index in [1.165, 1.54) is 10.9 Å². The van der Waals surface area contributed by atoms with Crippen LogP contribution in [0.2, 0.25) is 5.15 Å². The van der Waals surface area contributed by atoms with Crippen molar-refractivity contribution in [3.63, 3.8) is 0 Å². The SMILES string of the molecule is CC(C)(C)COc1ccc(-n2ncc(C(=O)O)c2Cl)cc1C#N. The first kappa shape index (κ1) is 16.8. The average molecular weight is 334 g/mol. The molecule has 1 aromatic carbocycles. The van der Waals surface area contributed by atoms with E-state index in [9.17, 15) is 10.1 Å². The number of nitriles is 1. The van der Waals surface area contributed by atoms with Crippen molar-refractivity contribution in [1.82, 2.24) is 9.78 Å². The van der Waals surface area contributed by atoms with Gasteiger partial charge in [0.2, 0.25) is 0 Å². The van der Waals surface area contributed by atoms with Crippen LogP contribution in [0.3, 0.4) is 0 Å². The summed E-state index contributed by atoms with van der Waals surface area (Å²) in [5.74, 6) is -0.695. The summed E-state index contributed by atoms with van der Waals surface area (Å²) in [6.07, 6.45) is 1.17. The summed E-state index contributed by atoms with van der Waals surface area (Å²) in [5, 5.41) is 22.2. The molecular weight excluding hydrogens is 318 g/mol. The maximum Gasteiger partial charge on any atom is 0.340 e. The zero-order valence-electron chi connectivity index (χ0n) is 13.0. The second-order valence-electron chi connectivity index (χ2n) is 6.21. The Morgan fingerprint density at radius 1 is 1.48 bits per heavy atom. The monoisotopic (exact) mass is 333 g/mol. The molecule has 0 unspecified atom stereocenters. The average Bonchev–Trinajstić information content (AvgIpc) is 2.86. The summed E-state index contributed by atoms with van der Waals surface area (Å²) in [6, 6.07) is 6.94. The first-order chi connectivity index (χ1) is 10.7. The third-order valence-corrected chi connectivity index (χ3v) is 3.29. The van der Waals surface area contributed by atoms with Crippen molar-refractivity contribution in [2.24, 2.45) is 5.41 Å². The maximum atomic E-state index is 11.0. The van der Waals surface area contributed by atoms with Crippen LogP contribution in [0.4, 0.5) is 0 Å². The van der Waals surface area contributed by atoms with Gasteiger partial charge in [0, 0.05) is 0 Å². The second kappa shape index (κ2) is 6.31. The van der Waals surface area contributed by atoms with Crippen molar-refractivity contribution >= 4 is 17.6 Å². The van der Waals surface area contributed by atoms with Crippen molar-refractivity contribution in [1.29, 1.82) is 5.26 Å². The van der Waals surface area contributed by atoms with Gasteiger partial charge >= 0.3 is 5.97 Å². The minimum Gasteiger partial charge on any atom is -0.492 e. The number of aromatic carboxylic acids is 1. The fourth-order valence-electron chi connectivity index (χ4n) is 1.81. The van der Waals surface area contributed by atoms with Crippen LogP contribution in [0.1, 0.15) is 36.7 Å². The Labute approximate surface area is 138 Å². The van der Waals surface area contributed by atoms with Gasteiger partial charge in [-0.25, -0.2) is 9.48 Å². The van der Waals surface area contributed by atoms with Crippen molar-refractivity contribution in [3.05, 3.63) is 40.7 Å². The summed E-state index contributed by atoms with van der Waals surface area (Å²) in [6.45, 7) is 6.56. The molecule has 0 aliphatic carbocycles. The van der Waals surface area contributed by atoms with Crippen molar-refractivity contribution in [2.75, 3.05) is 6.61 Å². The Bertz CT molecular complexity index is 785. The van der Waals surface area contributed by atoms with Crippen molar-refractivity contribution in [2.45, 2.75) is 20.8 Å². The van der Waals surface area contributed by atoms with E-state index in [4.69, 9.17) is 21.4 Å². The number of hydrogen-bond donors (Lipinski definition) is 1. The van der Waals surface area contributed by atoms with Gasteiger partial charge in [0.25, 0.3) is 0 Å². The van der Waals surface area contributed by atoms with E-state index >= 15 is 0 Å². The largest absolute Gasteiger partial charge is 0.492 e. The normalized spacial score (nSPS) is 11.1. The van der Waals surface area contributed by atoms with Gasteiger partial charge in [-0.1, -0.05) is 32.4 Å². The molecule has 1 heterocycles. The molecule has 23 heavy (non-hydrogen) atoms. The van der Waals surface area contributed by atoms with E-state index in [0.717, 1.165) is 0 Å². The first-order valence-corrected chi connectivity index (χ1v) is 7.25. The molecule has 0 fully saturated rings. The third kappa shape index (κ3) is 3.82. The Morgan fingerprint density at radius 2 is 2.17 bits per heavy atom. The number of halogens is 1. The summed E-state index contributed by atoms with van der Waals surface area (Å²) in [4.78, 5) is 11.0. The number of benzene rings is 1. The zero-order valence-corrected chi connectivity index (χ0v) is 13.8. The molecule has 0 aliphatic rings. The highest BCUT2D eigenvalue weighted by atomic mass is 35.5. The number of hydrogen-bond acceptors (Lipinski definition) is 4. The number of rotatable bonds is 4. The van der Waals surface area contributed by atoms with Gasteiger partial charge in [0.15, 0.2) is 0 Å². The molecule has 6 nitrogen and oxygen atoms in total. The van der Waals surface area contributed by atoms with Crippen LogP contribution in [0, 0.1) is 16.7 Å². The number of nitrogens with zero attached hydrogens (tertiary/aromatic N) is 3. The van der Waals surface area contributed by atoms with Crippen molar-refractivity contribution < 1.29 is 14.6 Å². The second-order valence-corrected chi connectivity index (χ2v) is 6.57. The van der Waals surface area contributed by atoms with Crippen LogP contribution in [0.5, 0.6) is 5.75 Å². The highest BCUT2D eigenvalue weighted by Gasteiger charge is 2.17. The maximum absolute atomic E-state index is 11.0. The lowest BCUT2D eigenvalue weighted by atomic mass is 9.98. The smallest absolute Gasteiger partial charge is 0.340 e. The van der Waals surface area contributed by atoms with Gasteiger partial charge < -0.3 is 9.84 Å². The quantitative estimate of drug-likeness (QED) is 0.924. The molecule has 7 heteroatoms. The van der Waals surface area contributed by atoms with Crippen LogP contribution < -0.4 is 4.74 Å². The van der Waals surface area contributed by atoms with Gasteiger partial charge in [-0.15, -0.1) is 0 Å². The Balaban J connectivity index is 2.36. The molecule has 0 saturated carbocycles. The molecular formula is C16H16ClN3O3. The van der Waals surface area contributed by atoms with Gasteiger partial charge in [-0.2, -0.15) is 10.4 Å². The number of aromatic nitrogens is 2. The molecule has 0 aliphatic heterocycles. The van der Waals surface area contributed by atoms with Crippen LogP contribution >= 0.6 is 11.6 Å². The number of carbonyl (C=O) groups is 1. The molecule has 0 amide bonds. The molecule has 0 atom stereocenters. The van der Waals surface area contributed by atoms with Crippen LogP contribution in [-0.4, -0.2) is 27.5 Å². The van der Waals surface area contributed by atoms with Crippen LogP contribution in [-0.2, 0) is 0 Å². The van der Waals surface area contributed by atoms with E-state index in [-0.39, 0.29) is 16.1 Å². The third-order valence-electron chi connectivity index (χ3n) is 2.93. The van der Waals surface area contributed by atoms with E-state index in [0.29, 0.717) is 23.6 Å². The number of ether oxygens (including phenoxy) is 1.